The van der Waals surface area contributed by atoms with Crippen LogP contribution in [0, 0.1) is 0 Å². The van der Waals surface area contributed by atoms with Gasteiger partial charge < -0.3 is 21.2 Å². The van der Waals surface area contributed by atoms with Crippen molar-refractivity contribution in [3.63, 3.8) is 0 Å². The molecule has 146 valence electrons. The number of fused-ring (bicyclic) bond motifs is 1. The van der Waals surface area contributed by atoms with Crippen molar-refractivity contribution in [1.29, 1.82) is 0 Å². The summed E-state index contributed by atoms with van der Waals surface area (Å²) in [6, 6.07) is 9.89. The molecule has 3 heterocycles. The van der Waals surface area contributed by atoms with Gasteiger partial charge >= 0.3 is 0 Å². The van der Waals surface area contributed by atoms with E-state index in [1.54, 1.807) is 0 Å². The Morgan fingerprint density at radius 2 is 1.89 bits per heavy atom. The van der Waals surface area contributed by atoms with E-state index in [4.69, 9.17) is 16.3 Å². The van der Waals surface area contributed by atoms with Crippen LogP contribution in [0.3, 0.4) is 0 Å². The van der Waals surface area contributed by atoms with Crippen LogP contribution in [0.5, 0.6) is 0 Å². The second kappa shape index (κ2) is 8.34. The number of hydrazine groups is 1. The van der Waals surface area contributed by atoms with Crippen LogP contribution in [0.4, 0.5) is 17.6 Å². The molecule has 3 aromatic rings. The zero-order chi connectivity index (χ0) is 19.3. The molecule has 1 aromatic carbocycles. The summed E-state index contributed by atoms with van der Waals surface area (Å²) in [4.78, 5) is 15.3. The minimum absolute atomic E-state index is 0.183. The predicted octanol–water partition coefficient (Wildman–Crippen LogP) is 1.30. The molecule has 0 aliphatic carbocycles. The third-order valence-corrected chi connectivity index (χ3v) is 4.78. The molecular formula is C19H24N8O. The van der Waals surface area contributed by atoms with Gasteiger partial charge in [-0.2, -0.15) is 4.98 Å². The first kappa shape index (κ1) is 18.4. The van der Waals surface area contributed by atoms with Gasteiger partial charge in [-0.25, -0.2) is 15.8 Å². The average Bonchev–Trinajstić information content (AvgIpc) is 2.74. The summed E-state index contributed by atoms with van der Waals surface area (Å²) in [5.41, 5.74) is 11.0. The molecule has 4 rings (SSSR count). The van der Waals surface area contributed by atoms with Crippen LogP contribution in [0.15, 0.2) is 36.5 Å². The zero-order valence-corrected chi connectivity index (χ0v) is 15.6. The first-order valence-electron chi connectivity index (χ1n) is 9.27. The Kier molecular flexibility index (Phi) is 5.47. The number of benzene rings is 1. The third-order valence-electron chi connectivity index (χ3n) is 4.78. The van der Waals surface area contributed by atoms with Crippen molar-refractivity contribution in [3.8, 4) is 11.1 Å². The fourth-order valence-electron chi connectivity index (χ4n) is 3.27. The lowest BCUT2D eigenvalue weighted by atomic mass is 10.1. The van der Waals surface area contributed by atoms with E-state index in [1.165, 1.54) is 0 Å². The average molecular weight is 380 g/mol. The van der Waals surface area contributed by atoms with Crippen LogP contribution in [0.2, 0.25) is 0 Å². The Labute approximate surface area is 163 Å². The summed E-state index contributed by atoms with van der Waals surface area (Å²) in [6.07, 6.45) is 1.85. The maximum Gasteiger partial charge on any atom is 0.222 e. The Hall–Kier alpha value is -3.01. The fraction of sp³-hybridized carbons (Fsp3) is 0.316. The molecule has 1 aliphatic rings. The summed E-state index contributed by atoms with van der Waals surface area (Å²) in [5.74, 6) is 7.11. The highest BCUT2D eigenvalue weighted by Crippen LogP contribution is 2.27. The number of rotatable bonds is 6. The predicted molar refractivity (Wildman–Crippen MR) is 111 cm³/mol. The van der Waals surface area contributed by atoms with Crippen molar-refractivity contribution >= 4 is 28.5 Å². The summed E-state index contributed by atoms with van der Waals surface area (Å²) in [7, 11) is 0. The first-order valence-corrected chi connectivity index (χ1v) is 9.27. The van der Waals surface area contributed by atoms with Crippen molar-refractivity contribution in [2.45, 2.75) is 0 Å². The minimum Gasteiger partial charge on any atom is -0.379 e. The number of hydrogen-bond acceptors (Lipinski definition) is 9. The molecule has 0 amide bonds. The largest absolute Gasteiger partial charge is 0.379 e. The maximum atomic E-state index is 5.71. The van der Waals surface area contributed by atoms with Crippen LogP contribution in [-0.4, -0.2) is 59.2 Å². The van der Waals surface area contributed by atoms with E-state index in [1.807, 2.05) is 36.5 Å². The molecule has 2 aromatic heterocycles. The first-order chi connectivity index (χ1) is 13.7. The summed E-state index contributed by atoms with van der Waals surface area (Å²) in [6.45, 7) is 5.45. The van der Waals surface area contributed by atoms with E-state index in [-0.39, 0.29) is 5.95 Å². The maximum absolute atomic E-state index is 5.71. The second-order valence-electron chi connectivity index (χ2n) is 6.62. The van der Waals surface area contributed by atoms with Crippen molar-refractivity contribution in [2.24, 2.45) is 5.84 Å². The molecule has 1 aliphatic heterocycles. The SMILES string of the molecule is NNc1nc(N)nc2ccc(-c3ccc(NCCN4CCOCC4)nc3)cc12. The van der Waals surface area contributed by atoms with Gasteiger partial charge in [-0.05, 0) is 29.8 Å². The molecule has 0 spiro atoms. The van der Waals surface area contributed by atoms with Crippen molar-refractivity contribution in [2.75, 3.05) is 55.9 Å². The molecular weight excluding hydrogens is 356 g/mol. The van der Waals surface area contributed by atoms with Gasteiger partial charge in [0, 0.05) is 43.3 Å². The van der Waals surface area contributed by atoms with Gasteiger partial charge in [0.25, 0.3) is 0 Å². The van der Waals surface area contributed by atoms with Crippen LogP contribution in [-0.2, 0) is 4.74 Å². The van der Waals surface area contributed by atoms with Gasteiger partial charge in [-0.1, -0.05) is 6.07 Å². The van der Waals surface area contributed by atoms with Crippen molar-refractivity contribution in [3.05, 3.63) is 36.5 Å². The van der Waals surface area contributed by atoms with Crippen LogP contribution >= 0.6 is 0 Å². The number of ether oxygens (including phenoxy) is 1. The molecule has 9 heteroatoms. The zero-order valence-electron chi connectivity index (χ0n) is 15.6. The van der Waals surface area contributed by atoms with Gasteiger partial charge in [0.05, 0.1) is 18.7 Å². The smallest absolute Gasteiger partial charge is 0.222 e. The molecule has 0 radical (unpaired) electrons. The number of nitrogens with one attached hydrogen (secondary N) is 2. The molecule has 1 fully saturated rings. The molecule has 0 saturated carbocycles. The quantitative estimate of drug-likeness (QED) is 0.369. The molecule has 0 unspecified atom stereocenters. The van der Waals surface area contributed by atoms with Gasteiger partial charge in [-0.3, -0.25) is 4.90 Å². The number of nitrogen functional groups attached to an aromatic ring is 2. The lowest BCUT2D eigenvalue weighted by molar-refractivity contribution is 0.0398. The second-order valence-corrected chi connectivity index (χ2v) is 6.62. The van der Waals surface area contributed by atoms with Crippen molar-refractivity contribution in [1.82, 2.24) is 19.9 Å². The van der Waals surface area contributed by atoms with E-state index in [9.17, 15) is 0 Å². The van der Waals surface area contributed by atoms with Gasteiger partial charge in [0.1, 0.15) is 5.82 Å². The highest BCUT2D eigenvalue weighted by Gasteiger charge is 2.10. The number of morpholine rings is 1. The summed E-state index contributed by atoms with van der Waals surface area (Å²) >= 11 is 0. The number of hydrogen-bond donors (Lipinski definition) is 4. The van der Waals surface area contributed by atoms with Gasteiger partial charge in [-0.15, -0.1) is 0 Å². The lowest BCUT2D eigenvalue weighted by Crippen LogP contribution is -2.39. The molecule has 28 heavy (non-hydrogen) atoms. The van der Waals surface area contributed by atoms with E-state index < -0.39 is 0 Å². The Balaban J connectivity index is 1.45. The Morgan fingerprint density at radius 3 is 2.64 bits per heavy atom. The van der Waals surface area contributed by atoms with E-state index >= 15 is 0 Å². The summed E-state index contributed by atoms with van der Waals surface area (Å²) in [5, 5.41) is 4.18. The normalized spacial score (nSPS) is 14.9. The monoisotopic (exact) mass is 380 g/mol. The van der Waals surface area contributed by atoms with Crippen LogP contribution in [0.1, 0.15) is 0 Å². The van der Waals surface area contributed by atoms with E-state index in [2.05, 4.69) is 30.6 Å². The number of nitrogens with two attached hydrogens (primary N) is 2. The Bertz CT molecular complexity index is 941. The number of pyridine rings is 1. The molecule has 1 saturated heterocycles. The fourth-order valence-corrected chi connectivity index (χ4v) is 3.27. The highest BCUT2D eigenvalue weighted by molar-refractivity contribution is 5.93. The topological polar surface area (TPSA) is 127 Å². The number of nitrogens with zero attached hydrogens (tertiary/aromatic N) is 4. The summed E-state index contributed by atoms with van der Waals surface area (Å²) < 4.78 is 5.37. The standard InChI is InChI=1S/C19H24N8O/c20-19-24-16-3-1-13(11-15(16)18(25-19)26-21)14-2-4-17(23-12-14)22-5-6-27-7-9-28-10-8-27/h1-4,11-12H,5-10,21H2,(H,22,23)(H3,20,24,25,26). The van der Waals surface area contributed by atoms with Crippen LogP contribution < -0.4 is 22.3 Å². The van der Waals surface area contributed by atoms with Gasteiger partial charge in [0.2, 0.25) is 5.95 Å². The minimum atomic E-state index is 0.183. The van der Waals surface area contributed by atoms with E-state index in [0.717, 1.165) is 67.2 Å². The third kappa shape index (κ3) is 4.11. The van der Waals surface area contributed by atoms with Crippen molar-refractivity contribution < 1.29 is 4.74 Å². The number of aromatic nitrogens is 3. The van der Waals surface area contributed by atoms with Gasteiger partial charge in [0.15, 0.2) is 5.82 Å². The molecule has 9 nitrogen and oxygen atoms in total. The van der Waals surface area contributed by atoms with Crippen LogP contribution in [0.25, 0.3) is 22.0 Å². The van der Waals surface area contributed by atoms with E-state index in [0.29, 0.717) is 5.82 Å². The molecule has 0 bridgehead atoms. The molecule has 6 N–H and O–H groups in total. The number of anilines is 3. The highest BCUT2D eigenvalue weighted by atomic mass is 16.5. The lowest BCUT2D eigenvalue weighted by Gasteiger charge is -2.26. The molecule has 0 atom stereocenters. The Morgan fingerprint density at radius 1 is 1.07 bits per heavy atom.